The summed E-state index contributed by atoms with van der Waals surface area (Å²) < 4.78 is 33.1. The lowest BCUT2D eigenvalue weighted by Gasteiger charge is -2.35. The van der Waals surface area contributed by atoms with Crippen LogP contribution in [0.1, 0.15) is 94.6 Å². The summed E-state index contributed by atoms with van der Waals surface area (Å²) in [7, 11) is 1.76. The molecule has 7 heterocycles. The molecule has 0 saturated carbocycles. The normalized spacial score (nSPS) is 20.1. The van der Waals surface area contributed by atoms with Crippen LogP contribution in [0.25, 0.3) is 11.1 Å². The molecule has 5 aliphatic rings. The van der Waals surface area contributed by atoms with Gasteiger partial charge in [-0.2, -0.15) is 10.2 Å². The maximum Gasteiger partial charge on any atom is 0.264 e. The van der Waals surface area contributed by atoms with E-state index in [-0.39, 0.29) is 41.5 Å². The number of anilines is 3. The fraction of sp³-hybridized carbons (Fsp3) is 0.425. The number of carbonyl (C=O) groups excluding carboxylic acids is 5. The van der Waals surface area contributed by atoms with Gasteiger partial charge in [0.2, 0.25) is 17.7 Å². The quantitative estimate of drug-likeness (QED) is 0.282. The number of alkyl halides is 2. The molecule has 5 aliphatic heterocycles. The van der Waals surface area contributed by atoms with Crippen molar-refractivity contribution >= 4 is 46.7 Å². The summed E-state index contributed by atoms with van der Waals surface area (Å²) >= 11 is 0. The van der Waals surface area contributed by atoms with Crippen LogP contribution in [0.15, 0.2) is 42.7 Å². The second-order valence-corrected chi connectivity index (χ2v) is 15.3. The Bertz CT molecular complexity index is 2330. The van der Waals surface area contributed by atoms with E-state index in [1.807, 2.05) is 17.0 Å². The molecule has 0 bridgehead atoms. The van der Waals surface area contributed by atoms with E-state index in [9.17, 15) is 32.8 Å². The number of carbonyl (C=O) groups is 5. The molecule has 290 valence electrons. The number of amides is 5. The largest absolute Gasteiger partial charge is 0.371 e. The minimum atomic E-state index is -2.70. The fourth-order valence-electron chi connectivity index (χ4n) is 9.10. The van der Waals surface area contributed by atoms with E-state index in [2.05, 4.69) is 24.9 Å². The number of hydrogen-bond donors (Lipinski definition) is 1. The van der Waals surface area contributed by atoms with Crippen LogP contribution >= 0.6 is 0 Å². The Morgan fingerprint density at radius 2 is 1.70 bits per heavy atom. The molecule has 0 radical (unpaired) electrons. The third-order valence-corrected chi connectivity index (χ3v) is 12.0. The molecule has 56 heavy (non-hydrogen) atoms. The highest BCUT2D eigenvalue weighted by Gasteiger charge is 2.45. The summed E-state index contributed by atoms with van der Waals surface area (Å²) in [6.07, 6.45) is 4.44. The lowest BCUT2D eigenvalue weighted by molar-refractivity contribution is -0.136. The number of nitrogens with zero attached hydrogens (tertiary/aromatic N) is 8. The smallest absolute Gasteiger partial charge is 0.264 e. The van der Waals surface area contributed by atoms with E-state index in [1.54, 1.807) is 49.2 Å². The zero-order chi connectivity index (χ0) is 39.0. The second-order valence-electron chi connectivity index (χ2n) is 15.3. The van der Waals surface area contributed by atoms with Crippen molar-refractivity contribution in [3.63, 3.8) is 0 Å². The number of imide groups is 2. The van der Waals surface area contributed by atoms with E-state index in [0.717, 1.165) is 53.1 Å². The van der Waals surface area contributed by atoms with Crippen LogP contribution in [0.3, 0.4) is 0 Å². The molecule has 9 rings (SSSR count). The van der Waals surface area contributed by atoms with Crippen molar-refractivity contribution in [2.45, 2.75) is 76.9 Å². The van der Waals surface area contributed by atoms with Gasteiger partial charge < -0.3 is 14.7 Å². The predicted molar refractivity (Wildman–Crippen MR) is 200 cm³/mol. The van der Waals surface area contributed by atoms with E-state index in [1.165, 1.54) is 0 Å². The van der Waals surface area contributed by atoms with Crippen LogP contribution < -0.4 is 15.1 Å². The SMILES string of the molecule is CC(=O)N1CCc2c(c(N3CCCc4cc(-c5cnn(C)c5)c(C(F)F)cc43)nn2C2CCN(c3ccc4c(c3)C(=O)N(C3CCC(=O)NC3=O)C4=O)CC2)C1. The number of aryl methyl sites for hydroxylation is 2. The molecule has 14 nitrogen and oxygen atoms in total. The second kappa shape index (κ2) is 13.7. The Labute approximate surface area is 321 Å². The molecule has 2 fully saturated rings. The zero-order valence-corrected chi connectivity index (χ0v) is 31.1. The average molecular weight is 766 g/mol. The van der Waals surface area contributed by atoms with Crippen molar-refractivity contribution in [3.8, 4) is 11.1 Å². The number of nitrogens with one attached hydrogen (secondary N) is 1. The number of piperidine rings is 2. The summed E-state index contributed by atoms with van der Waals surface area (Å²) in [4.78, 5) is 70.6. The Kier molecular flexibility index (Phi) is 8.73. The monoisotopic (exact) mass is 765 g/mol. The van der Waals surface area contributed by atoms with E-state index < -0.39 is 36.1 Å². The van der Waals surface area contributed by atoms with Crippen molar-refractivity contribution in [1.82, 2.24) is 34.7 Å². The molecule has 0 spiro atoms. The maximum absolute atomic E-state index is 14.7. The molecule has 0 aliphatic carbocycles. The lowest BCUT2D eigenvalue weighted by atomic mass is 9.92. The highest BCUT2D eigenvalue weighted by Crippen LogP contribution is 2.44. The maximum atomic E-state index is 14.7. The molecule has 2 aromatic heterocycles. The summed E-state index contributed by atoms with van der Waals surface area (Å²) in [6, 6.07) is 7.66. The van der Waals surface area contributed by atoms with Crippen LogP contribution in [-0.2, 0) is 40.8 Å². The van der Waals surface area contributed by atoms with Gasteiger partial charge in [0.15, 0.2) is 5.82 Å². The molecule has 2 saturated heterocycles. The first-order valence-electron chi connectivity index (χ1n) is 19.1. The van der Waals surface area contributed by atoms with E-state index in [4.69, 9.17) is 5.10 Å². The van der Waals surface area contributed by atoms with Gasteiger partial charge in [-0.25, -0.2) is 8.78 Å². The first-order chi connectivity index (χ1) is 27.0. The first-order valence-corrected chi connectivity index (χ1v) is 19.1. The molecule has 1 atom stereocenters. The Hall–Kier alpha value is -5.93. The molecular formula is C40H41F2N9O5. The third-order valence-electron chi connectivity index (χ3n) is 12.0. The van der Waals surface area contributed by atoms with Gasteiger partial charge in [-0.1, -0.05) is 0 Å². The summed E-state index contributed by atoms with van der Waals surface area (Å²) in [6.45, 7) is 4.40. The lowest BCUT2D eigenvalue weighted by Crippen LogP contribution is -2.54. The van der Waals surface area contributed by atoms with Crippen LogP contribution in [-0.4, -0.2) is 91.1 Å². The summed E-state index contributed by atoms with van der Waals surface area (Å²) in [5, 5.41) is 11.7. The van der Waals surface area contributed by atoms with Crippen molar-refractivity contribution in [3.05, 3.63) is 76.2 Å². The fourth-order valence-corrected chi connectivity index (χ4v) is 9.10. The molecule has 4 aromatic rings. The third kappa shape index (κ3) is 5.93. The van der Waals surface area contributed by atoms with Gasteiger partial charge in [0.25, 0.3) is 18.2 Å². The van der Waals surface area contributed by atoms with Gasteiger partial charge >= 0.3 is 0 Å². The van der Waals surface area contributed by atoms with Gasteiger partial charge in [-0.3, -0.25) is 43.6 Å². The van der Waals surface area contributed by atoms with Crippen LogP contribution in [0.4, 0.5) is 26.0 Å². The van der Waals surface area contributed by atoms with Crippen LogP contribution in [0.5, 0.6) is 0 Å². The van der Waals surface area contributed by atoms with Crippen molar-refractivity contribution < 1.29 is 32.8 Å². The highest BCUT2D eigenvalue weighted by molar-refractivity contribution is 6.23. The minimum Gasteiger partial charge on any atom is -0.371 e. The highest BCUT2D eigenvalue weighted by atomic mass is 19.3. The molecule has 5 amide bonds. The zero-order valence-electron chi connectivity index (χ0n) is 31.1. The van der Waals surface area contributed by atoms with Crippen molar-refractivity contribution in [2.75, 3.05) is 36.0 Å². The van der Waals surface area contributed by atoms with Crippen molar-refractivity contribution in [2.24, 2.45) is 7.05 Å². The van der Waals surface area contributed by atoms with Gasteiger partial charge in [0.1, 0.15) is 6.04 Å². The van der Waals surface area contributed by atoms with Gasteiger partial charge in [0.05, 0.1) is 29.9 Å². The van der Waals surface area contributed by atoms with Gasteiger partial charge in [-0.15, -0.1) is 0 Å². The predicted octanol–water partition coefficient (Wildman–Crippen LogP) is 4.45. The summed E-state index contributed by atoms with van der Waals surface area (Å²) in [5.41, 5.74) is 6.00. The number of halogens is 2. The van der Waals surface area contributed by atoms with Gasteiger partial charge in [-0.05, 0) is 73.6 Å². The van der Waals surface area contributed by atoms with Crippen LogP contribution in [0, 0.1) is 0 Å². The molecular weight excluding hydrogens is 724 g/mol. The Morgan fingerprint density at radius 3 is 2.41 bits per heavy atom. The first kappa shape index (κ1) is 35.8. The number of hydrogen-bond acceptors (Lipinski definition) is 9. The number of aromatic nitrogens is 4. The molecule has 1 N–H and O–H groups in total. The Balaban J connectivity index is 0.990. The topological polar surface area (TPSA) is 146 Å². The van der Waals surface area contributed by atoms with Gasteiger partial charge in [0, 0.05) is 92.9 Å². The molecule has 16 heteroatoms. The Morgan fingerprint density at radius 1 is 0.911 bits per heavy atom. The number of benzene rings is 2. The van der Waals surface area contributed by atoms with Crippen molar-refractivity contribution in [1.29, 1.82) is 0 Å². The molecule has 1 unspecified atom stereocenters. The molecule has 2 aromatic carbocycles. The number of fused-ring (bicyclic) bond motifs is 3. The standard InChI is InChI=1S/C40H41F2N9O5/c1-22(52)48-15-11-32-31(21-48)37(49-12-3-4-23-16-28(24-19-43-46(2)20-24)29(36(41)42)18-34(23)49)45-51(32)25-9-13-47(14-10-25)26-5-6-27-30(17-26)40(56)50(39(27)55)33-7-8-35(53)44-38(33)54/h5-6,16-20,25,33,36H,3-4,7-15,21H2,1-2H3,(H,44,53,54). The summed E-state index contributed by atoms with van der Waals surface area (Å²) in [5.74, 6) is -1.48. The minimum absolute atomic E-state index is 0.0300. The van der Waals surface area contributed by atoms with E-state index in [0.29, 0.717) is 61.8 Å². The average Bonchev–Trinajstić information content (AvgIpc) is 3.87. The van der Waals surface area contributed by atoms with E-state index >= 15 is 0 Å². The number of rotatable bonds is 6. The van der Waals surface area contributed by atoms with Crippen LogP contribution in [0.2, 0.25) is 0 Å².